The molecule has 4 nitrogen and oxygen atoms in total. The zero-order valence-corrected chi connectivity index (χ0v) is 21.3. The fourth-order valence-corrected chi connectivity index (χ4v) is 4.49. The average molecular weight is 442 g/mol. The number of quaternary nitrogens is 1. The zero-order chi connectivity index (χ0) is 23.2. The van der Waals surface area contributed by atoms with Crippen molar-refractivity contribution in [2.24, 2.45) is 0 Å². The second-order valence-corrected chi connectivity index (χ2v) is 10.4. The number of carbonyl (C=O) groups is 1. The van der Waals surface area contributed by atoms with Gasteiger partial charge in [0.1, 0.15) is 12.6 Å². The molecule has 186 valence electrons. The third-order valence-electron chi connectivity index (χ3n) is 6.49. The van der Waals surface area contributed by atoms with Gasteiger partial charge in [0.15, 0.2) is 0 Å². The number of nitrogens with zero attached hydrogens (tertiary/aromatic N) is 1. The molecule has 0 spiro atoms. The van der Waals surface area contributed by atoms with Crippen molar-refractivity contribution in [1.82, 2.24) is 0 Å². The maximum absolute atomic E-state index is 10.4. The van der Waals surface area contributed by atoms with Crippen LogP contribution in [0.5, 0.6) is 0 Å². The van der Waals surface area contributed by atoms with E-state index in [2.05, 4.69) is 21.0 Å². The topological polar surface area (TPSA) is 60.4 Å². The molecule has 0 aliphatic heterocycles. The molecule has 0 fully saturated rings. The lowest BCUT2D eigenvalue weighted by Crippen LogP contribution is -2.45. The monoisotopic (exact) mass is 441 g/mol. The first-order valence-corrected chi connectivity index (χ1v) is 13.6. The van der Waals surface area contributed by atoms with E-state index in [0.29, 0.717) is 0 Å². The molecule has 0 aromatic carbocycles. The Morgan fingerprint density at radius 3 is 1.61 bits per heavy atom. The van der Waals surface area contributed by atoms with E-state index in [1.54, 1.807) is 0 Å². The fourth-order valence-electron chi connectivity index (χ4n) is 4.49. The van der Waals surface area contributed by atoms with Crippen molar-refractivity contribution in [1.29, 1.82) is 0 Å². The number of rotatable bonds is 24. The van der Waals surface area contributed by atoms with Gasteiger partial charge in [-0.25, -0.2) is 0 Å². The molecule has 0 aromatic rings. The molecule has 0 radical (unpaired) electrons. The Morgan fingerprint density at radius 2 is 1.13 bits per heavy atom. The number of unbranched alkanes of at least 4 members (excludes halogenated alkanes) is 16. The fraction of sp³-hybridized carbons (Fsp3) is 0.963. The predicted molar refractivity (Wildman–Crippen MR) is 131 cm³/mol. The van der Waals surface area contributed by atoms with Crippen molar-refractivity contribution < 1.29 is 19.5 Å². The van der Waals surface area contributed by atoms with Crippen LogP contribution >= 0.6 is 0 Å². The van der Waals surface area contributed by atoms with Crippen LogP contribution in [0.15, 0.2) is 0 Å². The number of hydrogen-bond donors (Lipinski definition) is 1. The number of carbonyl (C=O) groups excluding carboxylic acids is 1. The number of aliphatic hydroxyl groups is 1. The van der Waals surface area contributed by atoms with Crippen LogP contribution in [0.25, 0.3) is 0 Å². The van der Waals surface area contributed by atoms with Crippen LogP contribution in [0.4, 0.5) is 0 Å². The minimum atomic E-state index is -0.919. The van der Waals surface area contributed by atoms with Crippen molar-refractivity contribution in [3.8, 4) is 0 Å². The lowest BCUT2D eigenvalue weighted by Gasteiger charge is -2.32. The maximum Gasteiger partial charge on any atom is 0.105 e. The summed E-state index contributed by atoms with van der Waals surface area (Å²) in [7, 11) is 4.51. The Labute approximate surface area is 194 Å². The molecule has 0 aliphatic rings. The normalized spacial score (nSPS) is 12.9. The van der Waals surface area contributed by atoms with Gasteiger partial charge in [-0.2, -0.15) is 0 Å². The van der Waals surface area contributed by atoms with Crippen molar-refractivity contribution >= 4 is 5.97 Å². The molecule has 0 amide bonds. The molecular weight excluding hydrogens is 386 g/mol. The van der Waals surface area contributed by atoms with Gasteiger partial charge in [0.25, 0.3) is 0 Å². The van der Waals surface area contributed by atoms with E-state index in [-0.39, 0.29) is 12.5 Å². The number of aliphatic hydroxyl groups excluding tert-OH is 1. The number of likely N-dealkylation sites (N-methyl/N-ethyl adjacent to an activating group) is 1. The first-order valence-electron chi connectivity index (χ1n) is 13.6. The minimum absolute atomic E-state index is 0.156. The van der Waals surface area contributed by atoms with Gasteiger partial charge in [-0.15, -0.1) is 0 Å². The largest absolute Gasteiger partial charge is 0.550 e. The van der Waals surface area contributed by atoms with Gasteiger partial charge >= 0.3 is 0 Å². The zero-order valence-electron chi connectivity index (χ0n) is 21.3. The molecule has 0 heterocycles. The predicted octanol–water partition coefficient (Wildman–Crippen LogP) is 6.00. The molecule has 0 rings (SSSR count). The second-order valence-electron chi connectivity index (χ2n) is 10.4. The number of carboxylic acid groups (broad SMARTS) is 1. The van der Waals surface area contributed by atoms with E-state index in [0.717, 1.165) is 43.3 Å². The maximum atomic E-state index is 10.4. The molecule has 1 N–H and O–H groups in total. The van der Waals surface area contributed by atoms with Gasteiger partial charge in [-0.05, 0) is 32.1 Å². The Hall–Kier alpha value is -0.610. The Kier molecular flexibility index (Phi) is 20.8. The number of carboxylic acids is 1. The van der Waals surface area contributed by atoms with E-state index in [1.807, 2.05) is 0 Å². The highest BCUT2D eigenvalue weighted by molar-refractivity contribution is 5.63. The van der Waals surface area contributed by atoms with Crippen molar-refractivity contribution in [3.63, 3.8) is 0 Å². The lowest BCUT2D eigenvalue weighted by molar-refractivity contribution is -0.893. The van der Waals surface area contributed by atoms with E-state index in [4.69, 9.17) is 0 Å². The number of hydrogen-bond acceptors (Lipinski definition) is 3. The van der Waals surface area contributed by atoms with Gasteiger partial charge < -0.3 is 19.5 Å². The van der Waals surface area contributed by atoms with Gasteiger partial charge in [0.2, 0.25) is 0 Å². The minimum Gasteiger partial charge on any atom is -0.550 e. The third-order valence-corrected chi connectivity index (χ3v) is 6.49. The average Bonchev–Trinajstić information content (AvgIpc) is 2.70. The third kappa shape index (κ3) is 23.9. The summed E-state index contributed by atoms with van der Waals surface area (Å²) >= 11 is 0. The Bertz CT molecular complexity index is 398. The molecule has 1 unspecified atom stereocenters. The van der Waals surface area contributed by atoms with Crippen LogP contribution in [-0.4, -0.2) is 48.8 Å². The van der Waals surface area contributed by atoms with Gasteiger partial charge in [0, 0.05) is 5.97 Å². The van der Waals surface area contributed by atoms with Gasteiger partial charge in [-0.1, -0.05) is 103 Å². The molecule has 0 aromatic heterocycles. The second kappa shape index (κ2) is 21.2. The van der Waals surface area contributed by atoms with Crippen LogP contribution in [-0.2, 0) is 4.79 Å². The summed E-state index contributed by atoms with van der Waals surface area (Å²) in [4.78, 5) is 10.4. The molecule has 4 heteroatoms. The van der Waals surface area contributed by atoms with Gasteiger partial charge in [-0.3, -0.25) is 0 Å². The summed E-state index contributed by atoms with van der Waals surface area (Å²) in [5.41, 5.74) is 0. The SMILES string of the molecule is CCCCCCCCCCCC(O)C[N+](C)(C)CCCCCCCCCCCC(=O)[O-]. The van der Waals surface area contributed by atoms with Crippen molar-refractivity contribution in [2.45, 2.75) is 141 Å². The summed E-state index contributed by atoms with van der Waals surface area (Å²) in [6.45, 7) is 4.30. The van der Waals surface area contributed by atoms with E-state index >= 15 is 0 Å². The number of aliphatic carboxylic acids is 1. The summed E-state index contributed by atoms with van der Waals surface area (Å²) in [6.07, 6.45) is 23.6. The Balaban J connectivity index is 3.49. The highest BCUT2D eigenvalue weighted by atomic mass is 16.4. The standard InChI is InChI=1S/C27H55NO3/c1-4-5-6-7-8-10-13-16-19-22-26(29)25-28(2,3)24-21-18-15-12-9-11-14-17-20-23-27(30)31/h26,29H,4-25H2,1-3H3. The van der Waals surface area contributed by atoms with Gasteiger partial charge in [0.05, 0.1) is 20.6 Å². The summed E-state index contributed by atoms with van der Waals surface area (Å²) < 4.78 is 0.928. The quantitative estimate of drug-likeness (QED) is 0.148. The molecule has 0 bridgehead atoms. The Morgan fingerprint density at radius 1 is 0.710 bits per heavy atom. The van der Waals surface area contributed by atoms with E-state index in [1.165, 1.54) is 96.3 Å². The first-order chi connectivity index (χ1) is 14.9. The van der Waals surface area contributed by atoms with E-state index < -0.39 is 5.97 Å². The van der Waals surface area contributed by atoms with Crippen LogP contribution in [0, 0.1) is 0 Å². The lowest BCUT2D eigenvalue weighted by atomic mass is 10.0. The van der Waals surface area contributed by atoms with Crippen LogP contribution in [0.3, 0.4) is 0 Å². The summed E-state index contributed by atoms with van der Waals surface area (Å²) in [5, 5.41) is 20.8. The molecule has 0 saturated carbocycles. The van der Waals surface area contributed by atoms with E-state index in [9.17, 15) is 15.0 Å². The molecule has 0 aliphatic carbocycles. The van der Waals surface area contributed by atoms with Crippen molar-refractivity contribution in [2.75, 3.05) is 27.2 Å². The highest BCUT2D eigenvalue weighted by Crippen LogP contribution is 2.14. The molecule has 0 saturated heterocycles. The van der Waals surface area contributed by atoms with Crippen LogP contribution in [0.1, 0.15) is 135 Å². The molecule has 31 heavy (non-hydrogen) atoms. The van der Waals surface area contributed by atoms with Crippen LogP contribution in [0.2, 0.25) is 0 Å². The molecule has 1 atom stereocenters. The van der Waals surface area contributed by atoms with Crippen LogP contribution < -0.4 is 5.11 Å². The first kappa shape index (κ1) is 30.4. The summed E-state index contributed by atoms with van der Waals surface area (Å²) in [6, 6.07) is 0. The van der Waals surface area contributed by atoms with Crippen molar-refractivity contribution in [3.05, 3.63) is 0 Å². The smallest absolute Gasteiger partial charge is 0.105 e. The highest BCUT2D eigenvalue weighted by Gasteiger charge is 2.19. The summed E-state index contributed by atoms with van der Waals surface area (Å²) in [5.74, 6) is -0.919. The molecular formula is C27H55NO3.